The third-order valence-electron chi connectivity index (χ3n) is 3.76. The predicted octanol–water partition coefficient (Wildman–Crippen LogP) is 0.895. The molecule has 0 aliphatic carbocycles. The van der Waals surface area contributed by atoms with Crippen LogP contribution in [0.5, 0.6) is 0 Å². The van der Waals surface area contributed by atoms with E-state index in [4.69, 9.17) is 14.2 Å². The number of ether oxygens (including phenoxy) is 4. The van der Waals surface area contributed by atoms with Crippen molar-refractivity contribution in [2.75, 3.05) is 53.3 Å². The molecule has 1 aromatic carbocycles. The van der Waals surface area contributed by atoms with Crippen molar-refractivity contribution >= 4 is 17.8 Å². The zero-order chi connectivity index (χ0) is 18.8. The number of carbonyl (C=O) groups is 3. The van der Waals surface area contributed by atoms with E-state index in [1.165, 1.54) is 12.0 Å². The van der Waals surface area contributed by atoms with Crippen LogP contribution in [0.25, 0.3) is 0 Å². The van der Waals surface area contributed by atoms with Crippen molar-refractivity contribution in [2.45, 2.75) is 6.42 Å². The number of methoxy groups -OCH3 is 1. The number of fused-ring (bicyclic) bond motifs is 1. The Morgan fingerprint density at radius 3 is 1.88 bits per heavy atom. The van der Waals surface area contributed by atoms with E-state index in [2.05, 4.69) is 4.74 Å². The Morgan fingerprint density at radius 1 is 0.846 bits per heavy atom. The molecule has 8 nitrogen and oxygen atoms in total. The lowest BCUT2D eigenvalue weighted by Crippen LogP contribution is -2.33. The lowest BCUT2D eigenvalue weighted by Gasteiger charge is -2.13. The fourth-order valence-electron chi connectivity index (χ4n) is 2.40. The lowest BCUT2D eigenvalue weighted by molar-refractivity contribution is -0.141. The number of hydrogen-bond donors (Lipinski definition) is 0. The Morgan fingerprint density at radius 2 is 1.35 bits per heavy atom. The van der Waals surface area contributed by atoms with Gasteiger partial charge >= 0.3 is 5.97 Å². The van der Waals surface area contributed by atoms with Gasteiger partial charge in [-0.25, -0.2) is 0 Å². The number of nitrogens with zero attached hydrogens (tertiary/aromatic N) is 1. The SMILES string of the molecule is COC(=O)CCOCCOCCOCCN1C(=O)c2ccccc2C1=O. The summed E-state index contributed by atoms with van der Waals surface area (Å²) in [7, 11) is 1.33. The summed E-state index contributed by atoms with van der Waals surface area (Å²) in [5.41, 5.74) is 0.876. The number of hydrogen-bond acceptors (Lipinski definition) is 7. The number of rotatable bonds is 12. The number of amides is 2. The average Bonchev–Trinajstić information content (AvgIpc) is 2.90. The molecule has 0 unspecified atom stereocenters. The minimum absolute atomic E-state index is 0.211. The van der Waals surface area contributed by atoms with Crippen LogP contribution in [0.2, 0.25) is 0 Å². The first-order chi connectivity index (χ1) is 12.6. The van der Waals surface area contributed by atoms with E-state index in [1.807, 2.05) is 0 Å². The smallest absolute Gasteiger partial charge is 0.307 e. The second kappa shape index (κ2) is 10.6. The molecular formula is C18H23NO7. The Balaban J connectivity index is 1.48. The molecule has 0 spiro atoms. The maximum atomic E-state index is 12.1. The minimum atomic E-state index is -0.308. The predicted molar refractivity (Wildman–Crippen MR) is 90.9 cm³/mol. The van der Waals surface area contributed by atoms with E-state index in [0.717, 1.165) is 0 Å². The van der Waals surface area contributed by atoms with Gasteiger partial charge in [-0.05, 0) is 12.1 Å². The van der Waals surface area contributed by atoms with Crippen molar-refractivity contribution in [1.82, 2.24) is 4.90 Å². The van der Waals surface area contributed by atoms with Crippen molar-refractivity contribution in [2.24, 2.45) is 0 Å². The fraction of sp³-hybridized carbons (Fsp3) is 0.500. The van der Waals surface area contributed by atoms with Gasteiger partial charge < -0.3 is 18.9 Å². The third kappa shape index (κ3) is 5.62. The molecule has 0 saturated carbocycles. The first-order valence-corrected chi connectivity index (χ1v) is 8.40. The fourth-order valence-corrected chi connectivity index (χ4v) is 2.40. The van der Waals surface area contributed by atoms with Crippen LogP contribution in [-0.4, -0.2) is 76.0 Å². The van der Waals surface area contributed by atoms with Crippen molar-refractivity contribution < 1.29 is 33.3 Å². The number of imide groups is 1. The number of carbonyl (C=O) groups excluding carboxylic acids is 3. The Labute approximate surface area is 152 Å². The average molecular weight is 365 g/mol. The summed E-state index contributed by atoms with van der Waals surface area (Å²) < 4.78 is 20.4. The molecule has 1 aromatic rings. The van der Waals surface area contributed by atoms with Gasteiger partial charge in [0.2, 0.25) is 0 Å². The highest BCUT2D eigenvalue weighted by molar-refractivity contribution is 6.21. The van der Waals surface area contributed by atoms with E-state index < -0.39 is 0 Å². The summed E-state index contributed by atoms with van der Waals surface area (Å²) >= 11 is 0. The maximum Gasteiger partial charge on any atom is 0.307 e. The van der Waals surface area contributed by atoms with Gasteiger partial charge in [-0.1, -0.05) is 12.1 Å². The first kappa shape index (κ1) is 20.0. The standard InChI is InChI=1S/C18H23NO7/c1-23-16(20)6-8-24-10-12-26-13-11-25-9-7-19-17(21)14-4-2-3-5-15(14)18(19)22/h2-5H,6-13H2,1H3. The van der Waals surface area contributed by atoms with Crippen LogP contribution in [-0.2, 0) is 23.7 Å². The summed E-state index contributed by atoms with van der Waals surface area (Å²) in [5, 5.41) is 0. The van der Waals surface area contributed by atoms with Gasteiger partial charge in [0.15, 0.2) is 0 Å². The van der Waals surface area contributed by atoms with E-state index in [9.17, 15) is 14.4 Å². The molecule has 1 heterocycles. The quantitative estimate of drug-likeness (QED) is 0.309. The van der Waals surface area contributed by atoms with E-state index in [0.29, 0.717) is 44.2 Å². The zero-order valence-electron chi connectivity index (χ0n) is 14.8. The summed E-state index contributed by atoms with van der Waals surface area (Å²) in [6, 6.07) is 6.77. The summed E-state index contributed by atoms with van der Waals surface area (Å²) in [5.74, 6) is -0.874. The molecule has 2 amide bonds. The molecule has 0 atom stereocenters. The Bertz CT molecular complexity index is 597. The van der Waals surface area contributed by atoms with Crippen LogP contribution in [0.3, 0.4) is 0 Å². The van der Waals surface area contributed by atoms with Gasteiger partial charge in [0.05, 0.1) is 70.8 Å². The highest BCUT2D eigenvalue weighted by atomic mass is 16.5. The molecule has 0 aromatic heterocycles. The highest BCUT2D eigenvalue weighted by Gasteiger charge is 2.34. The molecule has 2 rings (SSSR count). The van der Waals surface area contributed by atoms with Crippen LogP contribution in [0, 0.1) is 0 Å². The molecule has 0 bridgehead atoms. The monoisotopic (exact) mass is 365 g/mol. The molecule has 1 aliphatic rings. The van der Waals surface area contributed by atoms with Gasteiger partial charge in [-0.15, -0.1) is 0 Å². The molecule has 0 fully saturated rings. The summed E-state index contributed by atoms with van der Waals surface area (Å²) in [6.45, 7) is 2.27. The minimum Gasteiger partial charge on any atom is -0.469 e. The van der Waals surface area contributed by atoms with Crippen molar-refractivity contribution in [3.05, 3.63) is 35.4 Å². The van der Waals surface area contributed by atoms with Gasteiger partial charge in [-0.2, -0.15) is 0 Å². The van der Waals surface area contributed by atoms with Crippen molar-refractivity contribution in [3.63, 3.8) is 0 Å². The Kier molecular flexibility index (Phi) is 8.20. The van der Waals surface area contributed by atoms with Crippen molar-refractivity contribution in [1.29, 1.82) is 0 Å². The van der Waals surface area contributed by atoms with Crippen LogP contribution in [0.4, 0.5) is 0 Å². The molecular weight excluding hydrogens is 342 g/mol. The van der Waals surface area contributed by atoms with Gasteiger partial charge in [0.1, 0.15) is 0 Å². The zero-order valence-corrected chi connectivity index (χ0v) is 14.8. The third-order valence-corrected chi connectivity index (χ3v) is 3.76. The van der Waals surface area contributed by atoms with Gasteiger partial charge in [-0.3, -0.25) is 19.3 Å². The number of esters is 1. The molecule has 26 heavy (non-hydrogen) atoms. The molecule has 142 valence electrons. The molecule has 0 saturated heterocycles. The second-order valence-electron chi connectivity index (χ2n) is 5.47. The van der Waals surface area contributed by atoms with Crippen LogP contribution >= 0.6 is 0 Å². The molecule has 0 N–H and O–H groups in total. The lowest BCUT2D eigenvalue weighted by atomic mass is 10.1. The Hall–Kier alpha value is -2.29. The largest absolute Gasteiger partial charge is 0.469 e. The second-order valence-corrected chi connectivity index (χ2v) is 5.47. The summed E-state index contributed by atoms with van der Waals surface area (Å²) in [4.78, 5) is 36.3. The number of benzene rings is 1. The van der Waals surface area contributed by atoms with Crippen molar-refractivity contribution in [3.8, 4) is 0 Å². The van der Waals surface area contributed by atoms with Crippen LogP contribution < -0.4 is 0 Å². The normalized spacial score (nSPS) is 13.2. The summed E-state index contributed by atoms with van der Waals surface area (Å²) in [6.07, 6.45) is 0.220. The van der Waals surface area contributed by atoms with E-state index in [1.54, 1.807) is 24.3 Å². The maximum absolute atomic E-state index is 12.1. The van der Waals surface area contributed by atoms with E-state index >= 15 is 0 Å². The topological polar surface area (TPSA) is 91.4 Å². The first-order valence-electron chi connectivity index (χ1n) is 8.40. The molecule has 0 radical (unpaired) electrons. The van der Waals surface area contributed by atoms with Gasteiger partial charge in [0.25, 0.3) is 11.8 Å². The van der Waals surface area contributed by atoms with E-state index in [-0.39, 0.29) is 37.4 Å². The highest BCUT2D eigenvalue weighted by Crippen LogP contribution is 2.21. The van der Waals surface area contributed by atoms with Gasteiger partial charge in [0, 0.05) is 0 Å². The van der Waals surface area contributed by atoms with Crippen LogP contribution in [0.1, 0.15) is 27.1 Å². The molecule has 8 heteroatoms. The molecule has 1 aliphatic heterocycles. The van der Waals surface area contributed by atoms with Crippen LogP contribution in [0.15, 0.2) is 24.3 Å².